The molecular formula is C17H13BrF3N3O2. The van der Waals surface area contributed by atoms with E-state index in [4.69, 9.17) is 0 Å². The van der Waals surface area contributed by atoms with Gasteiger partial charge in [-0.3, -0.25) is 9.59 Å². The monoisotopic (exact) mass is 427 g/mol. The predicted octanol–water partition coefficient (Wildman–Crippen LogP) is 4.10. The van der Waals surface area contributed by atoms with Crippen molar-refractivity contribution in [2.75, 3.05) is 5.32 Å². The molecule has 0 spiro atoms. The Bertz CT molecular complexity index is 866. The molecule has 0 saturated heterocycles. The topological polar surface area (TPSA) is 70.6 Å². The molecule has 9 heteroatoms. The quantitative estimate of drug-likeness (QED) is 0.569. The number of carbonyl (C=O) groups excluding carboxylic acids is 2. The summed E-state index contributed by atoms with van der Waals surface area (Å²) in [6.45, 7) is 1.58. The third-order valence-corrected chi connectivity index (χ3v) is 3.70. The average molecular weight is 428 g/mol. The van der Waals surface area contributed by atoms with Gasteiger partial charge >= 0.3 is 12.1 Å². The van der Waals surface area contributed by atoms with Gasteiger partial charge in [-0.15, -0.1) is 0 Å². The molecule has 0 atom stereocenters. The summed E-state index contributed by atoms with van der Waals surface area (Å²) in [5.74, 6) is -2.50. The number of amides is 2. The number of alkyl halides is 3. The largest absolute Gasteiger partial charge is 0.471 e. The summed E-state index contributed by atoms with van der Waals surface area (Å²) in [5, 5.41) is 5.70. The molecule has 0 aliphatic rings. The van der Waals surface area contributed by atoms with E-state index in [1.165, 1.54) is 18.2 Å². The zero-order valence-corrected chi connectivity index (χ0v) is 15.0. The summed E-state index contributed by atoms with van der Waals surface area (Å²) >= 11 is 3.26. The molecular weight excluding hydrogens is 415 g/mol. The Morgan fingerprint density at radius 3 is 2.35 bits per heavy atom. The lowest BCUT2D eigenvalue weighted by atomic mass is 10.1. The molecule has 0 aromatic heterocycles. The van der Waals surface area contributed by atoms with Crippen LogP contribution in [0.2, 0.25) is 0 Å². The van der Waals surface area contributed by atoms with Crippen LogP contribution >= 0.6 is 15.9 Å². The number of carbonyl (C=O) groups is 2. The van der Waals surface area contributed by atoms with Crippen LogP contribution in [0.15, 0.2) is 58.1 Å². The maximum absolute atomic E-state index is 12.3. The summed E-state index contributed by atoms with van der Waals surface area (Å²) < 4.78 is 37.7. The Morgan fingerprint density at radius 2 is 1.69 bits per heavy atom. The Morgan fingerprint density at radius 1 is 1.04 bits per heavy atom. The van der Waals surface area contributed by atoms with Gasteiger partial charge in [0.15, 0.2) is 0 Å². The van der Waals surface area contributed by atoms with Gasteiger partial charge in [0.25, 0.3) is 5.91 Å². The van der Waals surface area contributed by atoms with Gasteiger partial charge in [-0.1, -0.05) is 34.1 Å². The van der Waals surface area contributed by atoms with Crippen molar-refractivity contribution in [3.63, 3.8) is 0 Å². The average Bonchev–Trinajstić information content (AvgIpc) is 2.58. The lowest BCUT2D eigenvalue weighted by Crippen LogP contribution is -2.29. The first-order valence-electron chi connectivity index (χ1n) is 7.25. The molecule has 5 nitrogen and oxygen atoms in total. The highest BCUT2D eigenvalue weighted by atomic mass is 79.9. The second kappa shape index (κ2) is 8.13. The number of rotatable bonds is 4. The minimum atomic E-state index is -4.98. The van der Waals surface area contributed by atoms with Crippen LogP contribution in [0, 0.1) is 0 Å². The van der Waals surface area contributed by atoms with Crippen molar-refractivity contribution in [3.8, 4) is 0 Å². The van der Waals surface area contributed by atoms with Crippen LogP contribution in [0.3, 0.4) is 0 Å². The Balaban J connectivity index is 2.10. The van der Waals surface area contributed by atoms with Gasteiger partial charge < -0.3 is 5.32 Å². The van der Waals surface area contributed by atoms with Crippen molar-refractivity contribution < 1.29 is 22.8 Å². The van der Waals surface area contributed by atoms with Gasteiger partial charge in [-0.05, 0) is 42.8 Å². The first-order chi connectivity index (χ1) is 12.2. The van der Waals surface area contributed by atoms with E-state index >= 15 is 0 Å². The Kier molecular flexibility index (Phi) is 6.14. The molecule has 2 N–H and O–H groups in total. The van der Waals surface area contributed by atoms with Gasteiger partial charge in [-0.25, -0.2) is 5.43 Å². The van der Waals surface area contributed by atoms with Crippen molar-refractivity contribution in [1.29, 1.82) is 0 Å². The molecule has 2 rings (SSSR count). The Labute approximate surface area is 155 Å². The lowest BCUT2D eigenvalue weighted by molar-refractivity contribution is -0.167. The van der Waals surface area contributed by atoms with Crippen LogP contribution in [0.4, 0.5) is 18.9 Å². The van der Waals surface area contributed by atoms with E-state index in [-0.39, 0.29) is 5.69 Å². The SMILES string of the molecule is C/C(=N/NC(=O)c1cccc(Br)c1)c1cccc(NC(=O)C(F)(F)F)c1. The third kappa shape index (κ3) is 5.41. The molecule has 0 aliphatic heterocycles. The van der Waals surface area contributed by atoms with Crippen LogP contribution < -0.4 is 10.7 Å². The minimum Gasteiger partial charge on any atom is -0.318 e. The van der Waals surface area contributed by atoms with Gasteiger partial charge in [0.1, 0.15) is 0 Å². The first-order valence-corrected chi connectivity index (χ1v) is 8.05. The highest BCUT2D eigenvalue weighted by Gasteiger charge is 2.38. The normalized spacial score (nSPS) is 11.8. The summed E-state index contributed by atoms with van der Waals surface area (Å²) in [5.41, 5.74) is 3.53. The zero-order chi connectivity index (χ0) is 19.3. The third-order valence-electron chi connectivity index (χ3n) is 3.21. The van der Waals surface area contributed by atoms with Gasteiger partial charge in [0.05, 0.1) is 5.71 Å². The van der Waals surface area contributed by atoms with E-state index < -0.39 is 18.0 Å². The molecule has 0 fully saturated rings. The first kappa shape index (κ1) is 19.6. The molecule has 0 aliphatic carbocycles. The van der Waals surface area contributed by atoms with E-state index in [2.05, 4.69) is 26.5 Å². The fourth-order valence-corrected chi connectivity index (χ4v) is 2.32. The van der Waals surface area contributed by atoms with Crippen molar-refractivity contribution >= 4 is 39.1 Å². The van der Waals surface area contributed by atoms with Crippen molar-refractivity contribution in [3.05, 3.63) is 64.1 Å². The lowest BCUT2D eigenvalue weighted by Gasteiger charge is -2.09. The van der Waals surface area contributed by atoms with Crippen LogP contribution in [-0.2, 0) is 4.79 Å². The summed E-state index contributed by atoms with van der Waals surface area (Å²) in [6, 6.07) is 12.4. The van der Waals surface area contributed by atoms with E-state index in [1.807, 2.05) is 0 Å². The number of nitrogens with zero attached hydrogens (tertiary/aromatic N) is 1. The Hall–Kier alpha value is -2.68. The van der Waals surface area contributed by atoms with E-state index in [1.54, 1.807) is 42.6 Å². The second-order valence-electron chi connectivity index (χ2n) is 5.18. The van der Waals surface area contributed by atoms with Crippen LogP contribution in [0.5, 0.6) is 0 Å². The van der Waals surface area contributed by atoms with Crippen molar-refractivity contribution in [2.24, 2.45) is 5.10 Å². The molecule has 0 saturated carbocycles. The zero-order valence-electron chi connectivity index (χ0n) is 13.4. The molecule has 136 valence electrons. The molecule has 0 unspecified atom stereocenters. The number of benzene rings is 2. The molecule has 2 aromatic carbocycles. The van der Waals surface area contributed by atoms with Crippen molar-refractivity contribution in [1.82, 2.24) is 5.43 Å². The molecule has 2 aromatic rings. The number of hydrazone groups is 1. The number of anilines is 1. The molecule has 0 bridgehead atoms. The second-order valence-corrected chi connectivity index (χ2v) is 6.10. The fourth-order valence-electron chi connectivity index (χ4n) is 1.92. The minimum absolute atomic E-state index is 0.0299. The standard InChI is InChI=1S/C17H13BrF3N3O2/c1-10(23-24-15(25)12-5-2-6-13(18)8-12)11-4-3-7-14(9-11)22-16(26)17(19,20)21/h2-9H,1H3,(H,22,26)(H,24,25)/b23-10-. The summed E-state index contributed by atoms with van der Waals surface area (Å²) in [4.78, 5) is 23.0. The maximum atomic E-state index is 12.3. The maximum Gasteiger partial charge on any atom is 0.471 e. The van der Waals surface area contributed by atoms with Crippen LogP contribution in [0.25, 0.3) is 0 Å². The van der Waals surface area contributed by atoms with Crippen LogP contribution in [-0.4, -0.2) is 23.7 Å². The van der Waals surface area contributed by atoms with Gasteiger partial charge in [0, 0.05) is 15.7 Å². The van der Waals surface area contributed by atoms with Gasteiger partial charge in [0.2, 0.25) is 0 Å². The molecule has 0 radical (unpaired) electrons. The number of hydrogen-bond donors (Lipinski definition) is 2. The van der Waals surface area contributed by atoms with Crippen molar-refractivity contribution in [2.45, 2.75) is 13.1 Å². The van der Waals surface area contributed by atoms with E-state index in [9.17, 15) is 22.8 Å². The van der Waals surface area contributed by atoms with Gasteiger partial charge in [-0.2, -0.15) is 18.3 Å². The molecule has 0 heterocycles. The fraction of sp³-hybridized carbons (Fsp3) is 0.118. The highest BCUT2D eigenvalue weighted by molar-refractivity contribution is 9.10. The summed E-state index contributed by atoms with van der Waals surface area (Å²) in [6.07, 6.45) is -4.98. The molecule has 2 amide bonds. The van der Waals surface area contributed by atoms with E-state index in [0.29, 0.717) is 16.8 Å². The van der Waals surface area contributed by atoms with E-state index in [0.717, 1.165) is 4.47 Å². The number of nitrogens with one attached hydrogen (secondary N) is 2. The van der Waals surface area contributed by atoms with Crippen LogP contribution in [0.1, 0.15) is 22.8 Å². The summed E-state index contributed by atoms with van der Waals surface area (Å²) in [7, 11) is 0. The smallest absolute Gasteiger partial charge is 0.318 e. The highest BCUT2D eigenvalue weighted by Crippen LogP contribution is 2.19. The number of halogens is 4. The predicted molar refractivity (Wildman–Crippen MR) is 94.9 cm³/mol. The molecule has 26 heavy (non-hydrogen) atoms. The number of hydrogen-bond acceptors (Lipinski definition) is 3.